The Bertz CT molecular complexity index is 324. The van der Waals surface area contributed by atoms with Gasteiger partial charge in [-0.2, -0.15) is 0 Å². The van der Waals surface area contributed by atoms with Crippen molar-refractivity contribution in [2.24, 2.45) is 5.41 Å². The summed E-state index contributed by atoms with van der Waals surface area (Å²) in [5.41, 5.74) is 1.37. The highest BCUT2D eigenvalue weighted by Crippen LogP contribution is 2.19. The molecule has 0 spiro atoms. The number of thiocarbonyl (C=S) groups is 1. The number of benzene rings is 1. The lowest BCUT2D eigenvalue weighted by Crippen LogP contribution is -2.34. The standard InChI is InChI=1S/C13H19NS/c1-13(2,3)12(15)14(4)10-11-8-6-5-7-9-11/h5-9H,10H2,1-4H3. The van der Waals surface area contributed by atoms with Crippen molar-refractivity contribution < 1.29 is 0 Å². The Labute approximate surface area is 98.1 Å². The van der Waals surface area contributed by atoms with Gasteiger partial charge in [0.1, 0.15) is 0 Å². The van der Waals surface area contributed by atoms with Crippen molar-refractivity contribution >= 4 is 17.2 Å². The highest BCUT2D eigenvalue weighted by molar-refractivity contribution is 7.80. The van der Waals surface area contributed by atoms with Crippen LogP contribution in [0.3, 0.4) is 0 Å². The van der Waals surface area contributed by atoms with Gasteiger partial charge in [0, 0.05) is 19.0 Å². The van der Waals surface area contributed by atoms with Crippen LogP contribution < -0.4 is 0 Å². The van der Waals surface area contributed by atoms with Crippen LogP contribution in [0.25, 0.3) is 0 Å². The van der Waals surface area contributed by atoms with Gasteiger partial charge in [-0.3, -0.25) is 0 Å². The third-order valence-corrected chi connectivity index (χ3v) is 3.17. The summed E-state index contributed by atoms with van der Waals surface area (Å²) < 4.78 is 0. The van der Waals surface area contributed by atoms with Crippen molar-refractivity contribution in [2.75, 3.05) is 7.05 Å². The summed E-state index contributed by atoms with van der Waals surface area (Å²) in [6.07, 6.45) is 0. The minimum atomic E-state index is 0.0683. The predicted octanol–water partition coefficient (Wildman–Crippen LogP) is 3.49. The summed E-state index contributed by atoms with van der Waals surface area (Å²) in [5.74, 6) is 0. The van der Waals surface area contributed by atoms with Crippen molar-refractivity contribution in [3.8, 4) is 0 Å². The summed E-state index contributed by atoms with van der Waals surface area (Å²) >= 11 is 5.44. The van der Waals surface area contributed by atoms with Gasteiger partial charge in [0.2, 0.25) is 0 Å². The molecule has 0 aromatic heterocycles. The van der Waals surface area contributed by atoms with E-state index in [-0.39, 0.29) is 5.41 Å². The van der Waals surface area contributed by atoms with Gasteiger partial charge >= 0.3 is 0 Å². The molecule has 1 rings (SSSR count). The highest BCUT2D eigenvalue weighted by atomic mass is 32.1. The van der Waals surface area contributed by atoms with E-state index in [2.05, 4.69) is 57.0 Å². The van der Waals surface area contributed by atoms with Crippen molar-refractivity contribution in [2.45, 2.75) is 27.3 Å². The van der Waals surface area contributed by atoms with Crippen LogP contribution in [-0.2, 0) is 6.54 Å². The molecule has 2 heteroatoms. The van der Waals surface area contributed by atoms with Gasteiger partial charge in [-0.1, -0.05) is 63.3 Å². The van der Waals surface area contributed by atoms with Gasteiger partial charge in [0.25, 0.3) is 0 Å². The van der Waals surface area contributed by atoms with E-state index in [4.69, 9.17) is 12.2 Å². The largest absolute Gasteiger partial charge is 0.364 e. The molecule has 1 aromatic carbocycles. The predicted molar refractivity (Wildman–Crippen MR) is 70.0 cm³/mol. The molecule has 0 unspecified atom stereocenters. The summed E-state index contributed by atoms with van der Waals surface area (Å²) in [6.45, 7) is 7.33. The van der Waals surface area contributed by atoms with Gasteiger partial charge in [-0.25, -0.2) is 0 Å². The molecular weight excluding hydrogens is 202 g/mol. The maximum atomic E-state index is 5.44. The molecule has 0 fully saturated rings. The average molecular weight is 221 g/mol. The molecule has 0 aliphatic carbocycles. The van der Waals surface area contributed by atoms with Crippen LogP contribution in [0.5, 0.6) is 0 Å². The van der Waals surface area contributed by atoms with E-state index in [0.717, 1.165) is 11.5 Å². The Morgan fingerprint density at radius 2 is 1.73 bits per heavy atom. The van der Waals surface area contributed by atoms with Gasteiger partial charge in [-0.15, -0.1) is 0 Å². The smallest absolute Gasteiger partial charge is 0.0834 e. The summed E-state index contributed by atoms with van der Waals surface area (Å²) in [5, 5.41) is 0. The summed E-state index contributed by atoms with van der Waals surface area (Å²) in [6, 6.07) is 10.4. The van der Waals surface area contributed by atoms with Crippen molar-refractivity contribution in [3.63, 3.8) is 0 Å². The Balaban J connectivity index is 2.65. The first kappa shape index (κ1) is 12.2. The number of hydrogen-bond donors (Lipinski definition) is 0. The lowest BCUT2D eigenvalue weighted by Gasteiger charge is -2.29. The second-order valence-corrected chi connectivity index (χ2v) is 5.28. The summed E-state index contributed by atoms with van der Waals surface area (Å²) in [4.78, 5) is 3.15. The second kappa shape index (κ2) is 4.75. The highest BCUT2D eigenvalue weighted by Gasteiger charge is 2.20. The molecule has 0 heterocycles. The quantitative estimate of drug-likeness (QED) is 0.703. The lowest BCUT2D eigenvalue weighted by atomic mass is 9.96. The normalized spacial score (nSPS) is 11.2. The van der Waals surface area contributed by atoms with Crippen LogP contribution in [0, 0.1) is 5.41 Å². The average Bonchev–Trinajstić information content (AvgIpc) is 2.16. The fraction of sp³-hybridized carbons (Fsp3) is 0.462. The van der Waals surface area contributed by atoms with E-state index in [0.29, 0.717) is 0 Å². The third kappa shape index (κ3) is 3.63. The van der Waals surface area contributed by atoms with Crippen LogP contribution >= 0.6 is 12.2 Å². The van der Waals surface area contributed by atoms with Crippen LogP contribution in [0.2, 0.25) is 0 Å². The first-order valence-electron chi connectivity index (χ1n) is 5.21. The van der Waals surface area contributed by atoms with E-state index in [9.17, 15) is 0 Å². The van der Waals surface area contributed by atoms with Crippen LogP contribution in [-0.4, -0.2) is 16.9 Å². The van der Waals surface area contributed by atoms with E-state index >= 15 is 0 Å². The van der Waals surface area contributed by atoms with Crippen molar-refractivity contribution in [1.29, 1.82) is 0 Å². The molecular formula is C13H19NS. The topological polar surface area (TPSA) is 3.24 Å². The molecule has 0 N–H and O–H groups in total. The van der Waals surface area contributed by atoms with Gasteiger partial charge in [-0.05, 0) is 5.56 Å². The number of nitrogens with zero attached hydrogens (tertiary/aromatic N) is 1. The minimum Gasteiger partial charge on any atom is -0.364 e. The Morgan fingerprint density at radius 1 is 1.20 bits per heavy atom. The molecule has 0 saturated heterocycles. The molecule has 1 aromatic rings. The first-order valence-corrected chi connectivity index (χ1v) is 5.61. The number of hydrogen-bond acceptors (Lipinski definition) is 1. The van der Waals surface area contributed by atoms with Crippen molar-refractivity contribution in [1.82, 2.24) is 4.90 Å². The zero-order valence-corrected chi connectivity index (χ0v) is 10.8. The SMILES string of the molecule is CN(Cc1ccccc1)C(=S)C(C)(C)C. The molecule has 1 nitrogen and oxygen atoms in total. The van der Waals surface area contributed by atoms with Gasteiger partial charge in [0.05, 0.1) is 4.99 Å². The van der Waals surface area contributed by atoms with Crippen LogP contribution in [0.15, 0.2) is 30.3 Å². The third-order valence-electron chi connectivity index (χ3n) is 2.25. The van der Waals surface area contributed by atoms with E-state index in [1.807, 2.05) is 6.07 Å². The molecule has 0 amide bonds. The first-order chi connectivity index (χ1) is 6.91. The molecule has 0 aliphatic heterocycles. The molecule has 15 heavy (non-hydrogen) atoms. The molecule has 0 atom stereocenters. The summed E-state index contributed by atoms with van der Waals surface area (Å²) in [7, 11) is 2.06. The fourth-order valence-electron chi connectivity index (χ4n) is 1.50. The minimum absolute atomic E-state index is 0.0683. The monoisotopic (exact) mass is 221 g/mol. The van der Waals surface area contributed by atoms with Crippen LogP contribution in [0.1, 0.15) is 26.3 Å². The lowest BCUT2D eigenvalue weighted by molar-refractivity contribution is 0.435. The van der Waals surface area contributed by atoms with Gasteiger partial charge < -0.3 is 4.90 Å². The zero-order valence-electron chi connectivity index (χ0n) is 9.95. The molecule has 82 valence electrons. The molecule has 0 bridgehead atoms. The Morgan fingerprint density at radius 3 is 2.20 bits per heavy atom. The zero-order chi connectivity index (χ0) is 11.5. The maximum absolute atomic E-state index is 5.44. The fourth-order valence-corrected chi connectivity index (χ4v) is 1.57. The van der Waals surface area contributed by atoms with Crippen molar-refractivity contribution in [3.05, 3.63) is 35.9 Å². The Kier molecular flexibility index (Phi) is 3.86. The number of rotatable bonds is 2. The second-order valence-electron chi connectivity index (χ2n) is 4.90. The van der Waals surface area contributed by atoms with E-state index in [1.54, 1.807) is 0 Å². The van der Waals surface area contributed by atoms with E-state index in [1.165, 1.54) is 5.56 Å². The maximum Gasteiger partial charge on any atom is 0.0834 e. The van der Waals surface area contributed by atoms with Gasteiger partial charge in [0.15, 0.2) is 0 Å². The Hall–Kier alpha value is -0.890. The molecule has 0 aliphatic rings. The van der Waals surface area contributed by atoms with Crippen LogP contribution in [0.4, 0.5) is 0 Å². The molecule has 0 radical (unpaired) electrons. The molecule has 0 saturated carbocycles. The van der Waals surface area contributed by atoms with E-state index < -0.39 is 0 Å².